The third kappa shape index (κ3) is 3.76. The number of anilines is 1. The highest BCUT2D eigenvalue weighted by Crippen LogP contribution is 2.21. The van der Waals surface area contributed by atoms with Gasteiger partial charge in [-0.05, 0) is 32.4 Å². The minimum atomic E-state index is 0.505. The summed E-state index contributed by atoms with van der Waals surface area (Å²) in [4.78, 5) is 2.24. The molecule has 90 valence electrons. The molecular weight excluding hydrogens is 198 g/mol. The van der Waals surface area contributed by atoms with E-state index in [-0.39, 0.29) is 0 Å². The normalized spacial score (nSPS) is 10.6. The summed E-state index contributed by atoms with van der Waals surface area (Å²) in [6.45, 7) is 7.35. The molecule has 0 saturated carbocycles. The largest absolute Gasteiger partial charge is 0.494 e. The maximum Gasteiger partial charge on any atom is 0.121 e. The lowest BCUT2D eigenvalue weighted by molar-refractivity contribution is 0.309. The second kappa shape index (κ2) is 6.41. The van der Waals surface area contributed by atoms with Crippen LogP contribution in [0.4, 0.5) is 5.69 Å². The van der Waals surface area contributed by atoms with E-state index in [1.807, 2.05) is 6.07 Å². The van der Waals surface area contributed by atoms with Crippen LogP contribution in [-0.2, 0) is 0 Å². The Morgan fingerprint density at radius 2 is 2.06 bits per heavy atom. The molecule has 0 N–H and O–H groups in total. The first-order valence-corrected chi connectivity index (χ1v) is 6.10. The van der Waals surface area contributed by atoms with E-state index in [4.69, 9.17) is 4.74 Å². The molecule has 0 atom stereocenters. The van der Waals surface area contributed by atoms with Crippen LogP contribution in [-0.4, -0.2) is 19.7 Å². The van der Waals surface area contributed by atoms with Crippen molar-refractivity contribution in [2.75, 3.05) is 18.6 Å². The molecule has 1 aromatic rings. The standard InChI is InChI=1S/C14H23NO/c1-5-6-10-16-14-9-7-8-13(11-14)15(4)12(2)3/h7-9,11-12H,5-6,10H2,1-4H3. The number of rotatable bonds is 6. The highest BCUT2D eigenvalue weighted by atomic mass is 16.5. The first-order chi connectivity index (χ1) is 7.65. The van der Waals surface area contributed by atoms with Crippen molar-refractivity contribution in [3.63, 3.8) is 0 Å². The Bertz CT molecular complexity index is 309. The molecule has 0 aromatic heterocycles. The Morgan fingerprint density at radius 1 is 1.31 bits per heavy atom. The molecular formula is C14H23NO. The van der Waals surface area contributed by atoms with Gasteiger partial charge in [-0.15, -0.1) is 0 Å². The van der Waals surface area contributed by atoms with E-state index in [9.17, 15) is 0 Å². The highest BCUT2D eigenvalue weighted by Gasteiger charge is 2.05. The van der Waals surface area contributed by atoms with Gasteiger partial charge in [0.2, 0.25) is 0 Å². The summed E-state index contributed by atoms with van der Waals surface area (Å²) >= 11 is 0. The highest BCUT2D eigenvalue weighted by molar-refractivity contribution is 5.50. The molecule has 0 aliphatic rings. The number of unbranched alkanes of at least 4 members (excludes halogenated alkanes) is 1. The molecule has 0 spiro atoms. The number of nitrogens with zero attached hydrogens (tertiary/aromatic N) is 1. The second-order valence-corrected chi connectivity index (χ2v) is 4.40. The molecule has 0 amide bonds. The van der Waals surface area contributed by atoms with Gasteiger partial charge < -0.3 is 9.64 Å². The smallest absolute Gasteiger partial charge is 0.121 e. The van der Waals surface area contributed by atoms with Gasteiger partial charge in [-0.3, -0.25) is 0 Å². The summed E-state index contributed by atoms with van der Waals surface area (Å²) in [5.41, 5.74) is 1.21. The first-order valence-electron chi connectivity index (χ1n) is 6.10. The molecule has 0 aliphatic carbocycles. The van der Waals surface area contributed by atoms with Gasteiger partial charge in [0.15, 0.2) is 0 Å². The lowest BCUT2D eigenvalue weighted by Crippen LogP contribution is -2.25. The predicted octanol–water partition coefficient (Wildman–Crippen LogP) is 3.71. The quantitative estimate of drug-likeness (QED) is 0.679. The molecule has 16 heavy (non-hydrogen) atoms. The Morgan fingerprint density at radius 3 is 2.69 bits per heavy atom. The van der Waals surface area contributed by atoms with Gasteiger partial charge in [-0.2, -0.15) is 0 Å². The van der Waals surface area contributed by atoms with Crippen LogP contribution in [0.15, 0.2) is 24.3 Å². The van der Waals surface area contributed by atoms with Crippen LogP contribution < -0.4 is 9.64 Å². The molecule has 0 bridgehead atoms. The van der Waals surface area contributed by atoms with Crippen molar-refractivity contribution in [2.45, 2.75) is 39.7 Å². The van der Waals surface area contributed by atoms with Crippen molar-refractivity contribution >= 4 is 5.69 Å². The molecule has 0 aliphatic heterocycles. The SMILES string of the molecule is CCCCOc1cccc(N(C)C(C)C)c1. The fraction of sp³-hybridized carbons (Fsp3) is 0.571. The molecule has 0 heterocycles. The molecule has 0 radical (unpaired) electrons. The van der Waals surface area contributed by atoms with Gasteiger partial charge in [0.25, 0.3) is 0 Å². The lowest BCUT2D eigenvalue weighted by Gasteiger charge is -2.24. The molecule has 0 saturated heterocycles. The van der Waals surface area contributed by atoms with Crippen molar-refractivity contribution in [1.29, 1.82) is 0 Å². The summed E-state index contributed by atoms with van der Waals surface area (Å²) < 4.78 is 5.69. The van der Waals surface area contributed by atoms with Gasteiger partial charge in [0, 0.05) is 24.8 Å². The van der Waals surface area contributed by atoms with Gasteiger partial charge in [0.1, 0.15) is 5.75 Å². The van der Waals surface area contributed by atoms with Crippen molar-refractivity contribution in [3.8, 4) is 5.75 Å². The average molecular weight is 221 g/mol. The third-order valence-corrected chi connectivity index (χ3v) is 2.77. The van der Waals surface area contributed by atoms with Crippen LogP contribution >= 0.6 is 0 Å². The number of hydrogen-bond acceptors (Lipinski definition) is 2. The molecule has 1 rings (SSSR count). The lowest BCUT2D eigenvalue weighted by atomic mass is 10.2. The van der Waals surface area contributed by atoms with Crippen LogP contribution in [0.5, 0.6) is 5.75 Å². The zero-order valence-corrected chi connectivity index (χ0v) is 10.9. The van der Waals surface area contributed by atoms with Gasteiger partial charge in [-0.25, -0.2) is 0 Å². The van der Waals surface area contributed by atoms with Crippen molar-refractivity contribution in [3.05, 3.63) is 24.3 Å². The van der Waals surface area contributed by atoms with E-state index in [1.165, 1.54) is 12.1 Å². The van der Waals surface area contributed by atoms with Crippen molar-refractivity contribution < 1.29 is 4.74 Å². The van der Waals surface area contributed by atoms with Crippen LogP contribution in [0.25, 0.3) is 0 Å². The second-order valence-electron chi connectivity index (χ2n) is 4.40. The predicted molar refractivity (Wildman–Crippen MR) is 70.4 cm³/mol. The number of hydrogen-bond donors (Lipinski definition) is 0. The summed E-state index contributed by atoms with van der Waals surface area (Å²) in [6.07, 6.45) is 2.29. The molecule has 2 heteroatoms. The van der Waals surface area contributed by atoms with Gasteiger partial charge in [-0.1, -0.05) is 19.4 Å². The molecule has 1 aromatic carbocycles. The molecule has 2 nitrogen and oxygen atoms in total. The Balaban J connectivity index is 2.63. The van der Waals surface area contributed by atoms with Crippen molar-refractivity contribution in [1.82, 2.24) is 0 Å². The zero-order valence-electron chi connectivity index (χ0n) is 10.9. The summed E-state index contributed by atoms with van der Waals surface area (Å²) in [7, 11) is 2.11. The third-order valence-electron chi connectivity index (χ3n) is 2.77. The Kier molecular flexibility index (Phi) is 5.17. The summed E-state index contributed by atoms with van der Waals surface area (Å²) in [5.74, 6) is 0.971. The minimum Gasteiger partial charge on any atom is -0.494 e. The minimum absolute atomic E-state index is 0.505. The molecule has 0 fully saturated rings. The number of benzene rings is 1. The van der Waals surface area contributed by atoms with E-state index >= 15 is 0 Å². The van der Waals surface area contributed by atoms with Gasteiger partial charge >= 0.3 is 0 Å². The first kappa shape index (κ1) is 12.9. The van der Waals surface area contributed by atoms with Crippen LogP contribution in [0, 0.1) is 0 Å². The summed E-state index contributed by atoms with van der Waals surface area (Å²) in [5, 5.41) is 0. The van der Waals surface area contributed by atoms with E-state index < -0.39 is 0 Å². The van der Waals surface area contributed by atoms with E-state index in [0.717, 1.165) is 18.8 Å². The van der Waals surface area contributed by atoms with Crippen LogP contribution in [0.2, 0.25) is 0 Å². The fourth-order valence-electron chi connectivity index (χ4n) is 1.43. The van der Waals surface area contributed by atoms with Gasteiger partial charge in [0.05, 0.1) is 6.61 Å². The van der Waals surface area contributed by atoms with E-state index in [2.05, 4.69) is 50.9 Å². The van der Waals surface area contributed by atoms with Crippen molar-refractivity contribution in [2.24, 2.45) is 0 Å². The summed E-state index contributed by atoms with van der Waals surface area (Å²) in [6, 6.07) is 8.80. The van der Waals surface area contributed by atoms with E-state index in [0.29, 0.717) is 6.04 Å². The van der Waals surface area contributed by atoms with Crippen LogP contribution in [0.1, 0.15) is 33.6 Å². The van der Waals surface area contributed by atoms with Crippen LogP contribution in [0.3, 0.4) is 0 Å². The monoisotopic (exact) mass is 221 g/mol. The maximum absolute atomic E-state index is 5.69. The Labute approximate surface area is 99.2 Å². The molecule has 0 unspecified atom stereocenters. The Hall–Kier alpha value is -1.18. The maximum atomic E-state index is 5.69. The number of ether oxygens (including phenoxy) is 1. The topological polar surface area (TPSA) is 12.5 Å². The zero-order chi connectivity index (χ0) is 12.0. The fourth-order valence-corrected chi connectivity index (χ4v) is 1.43. The average Bonchev–Trinajstić information content (AvgIpc) is 2.29. The van der Waals surface area contributed by atoms with E-state index in [1.54, 1.807) is 0 Å².